The van der Waals surface area contributed by atoms with E-state index in [9.17, 15) is 10.1 Å². The molecule has 0 fully saturated rings. The van der Waals surface area contributed by atoms with Gasteiger partial charge in [-0.2, -0.15) is 0 Å². The Hall–Kier alpha value is -1.18. The number of nitrogens with zero attached hydrogens (tertiary/aromatic N) is 1. The number of anilines is 1. The molecule has 0 amide bonds. The molecule has 1 rings (SSSR count). The molecule has 1 N–H and O–H groups in total. The zero-order chi connectivity index (χ0) is 12.8. The van der Waals surface area contributed by atoms with Gasteiger partial charge in [-0.05, 0) is 28.1 Å². The number of hydrogen-bond acceptors (Lipinski definition) is 5. The largest absolute Gasteiger partial charge is 0.380 e. The van der Waals surface area contributed by atoms with E-state index in [2.05, 4.69) is 21.2 Å². The van der Waals surface area contributed by atoms with E-state index in [0.29, 0.717) is 16.7 Å². The first-order valence-electron chi connectivity index (χ1n) is 4.82. The molecular weight excluding hydrogens is 292 g/mol. The third kappa shape index (κ3) is 3.95. The maximum absolute atomic E-state index is 10.7. The van der Waals surface area contributed by atoms with Crippen molar-refractivity contribution >= 4 is 27.3 Å². The minimum atomic E-state index is -0.445. The average Bonchev–Trinajstić information content (AvgIpc) is 2.32. The van der Waals surface area contributed by atoms with Crippen LogP contribution < -0.4 is 5.32 Å². The quantitative estimate of drug-likeness (QED) is 0.496. The van der Waals surface area contributed by atoms with E-state index in [1.165, 1.54) is 20.3 Å². The Morgan fingerprint density at radius 3 is 2.65 bits per heavy atom. The molecule has 0 radical (unpaired) electrons. The highest BCUT2D eigenvalue weighted by Gasteiger charge is 2.13. The van der Waals surface area contributed by atoms with Gasteiger partial charge in [-0.15, -0.1) is 0 Å². The monoisotopic (exact) mass is 304 g/mol. The predicted octanol–water partition coefficient (Wildman–Crippen LogP) is 2.39. The van der Waals surface area contributed by atoms with Gasteiger partial charge in [-0.3, -0.25) is 10.1 Å². The fraction of sp³-hybridized carbons (Fsp3) is 0.400. The van der Waals surface area contributed by atoms with Gasteiger partial charge in [0.25, 0.3) is 5.69 Å². The van der Waals surface area contributed by atoms with E-state index in [1.807, 2.05) is 0 Å². The summed E-state index contributed by atoms with van der Waals surface area (Å²) in [5.41, 5.74) is 0.653. The molecule has 0 heterocycles. The van der Waals surface area contributed by atoms with Gasteiger partial charge in [0.2, 0.25) is 0 Å². The molecule has 0 saturated heterocycles. The van der Waals surface area contributed by atoms with Crippen LogP contribution in [0.25, 0.3) is 0 Å². The lowest BCUT2D eigenvalue weighted by atomic mass is 10.3. The molecule has 6 nitrogen and oxygen atoms in total. The van der Waals surface area contributed by atoms with E-state index in [-0.39, 0.29) is 5.69 Å². The highest BCUT2D eigenvalue weighted by molar-refractivity contribution is 9.10. The van der Waals surface area contributed by atoms with Crippen LogP contribution in [0, 0.1) is 10.1 Å². The first-order chi connectivity index (χ1) is 8.08. The second kappa shape index (κ2) is 6.53. The molecule has 1 aromatic carbocycles. The van der Waals surface area contributed by atoms with Gasteiger partial charge < -0.3 is 14.8 Å². The van der Waals surface area contributed by atoms with Crippen LogP contribution in [0.15, 0.2) is 22.7 Å². The van der Waals surface area contributed by atoms with Crippen LogP contribution in [0.2, 0.25) is 0 Å². The molecule has 17 heavy (non-hydrogen) atoms. The van der Waals surface area contributed by atoms with Crippen LogP contribution >= 0.6 is 15.9 Å². The number of rotatable bonds is 6. The molecule has 0 aliphatic rings. The smallest absolute Gasteiger partial charge is 0.285 e. The molecule has 94 valence electrons. The van der Waals surface area contributed by atoms with Crippen molar-refractivity contribution in [2.75, 3.05) is 26.1 Å². The summed E-state index contributed by atoms with van der Waals surface area (Å²) >= 11 is 3.12. The fourth-order valence-electron chi connectivity index (χ4n) is 1.23. The van der Waals surface area contributed by atoms with E-state index < -0.39 is 11.2 Å². The summed E-state index contributed by atoms with van der Waals surface area (Å²) in [5.74, 6) is 0. The summed E-state index contributed by atoms with van der Waals surface area (Å²) in [5, 5.41) is 13.7. The summed E-state index contributed by atoms with van der Waals surface area (Å²) in [6, 6.07) is 4.81. The molecule has 0 saturated carbocycles. The number of benzene rings is 1. The van der Waals surface area contributed by atoms with E-state index in [0.717, 1.165) is 0 Å². The SMILES string of the molecule is COC(CNc1ccc(Br)c([N+](=O)[O-])c1)OC. The molecule has 1 aromatic rings. The second-order valence-electron chi connectivity index (χ2n) is 3.21. The van der Waals surface area contributed by atoms with Gasteiger partial charge in [0.15, 0.2) is 6.29 Å². The number of methoxy groups -OCH3 is 2. The molecule has 7 heteroatoms. The van der Waals surface area contributed by atoms with Gasteiger partial charge in [0, 0.05) is 26.0 Å². The van der Waals surface area contributed by atoms with Crippen LogP contribution in [0.4, 0.5) is 11.4 Å². The lowest BCUT2D eigenvalue weighted by Crippen LogP contribution is -2.23. The Morgan fingerprint density at radius 1 is 1.47 bits per heavy atom. The maximum atomic E-state index is 10.7. The van der Waals surface area contributed by atoms with Crippen molar-refractivity contribution in [2.45, 2.75) is 6.29 Å². The Morgan fingerprint density at radius 2 is 2.12 bits per heavy atom. The molecular formula is C10H13BrN2O4. The van der Waals surface area contributed by atoms with Crippen molar-refractivity contribution in [1.29, 1.82) is 0 Å². The lowest BCUT2D eigenvalue weighted by molar-refractivity contribution is -0.385. The highest BCUT2D eigenvalue weighted by atomic mass is 79.9. The maximum Gasteiger partial charge on any atom is 0.285 e. The van der Waals surface area contributed by atoms with Gasteiger partial charge in [0.1, 0.15) is 0 Å². The topological polar surface area (TPSA) is 73.6 Å². The Kier molecular flexibility index (Phi) is 5.33. The van der Waals surface area contributed by atoms with Crippen LogP contribution in [0.5, 0.6) is 0 Å². The summed E-state index contributed by atoms with van der Waals surface area (Å²) in [7, 11) is 3.06. The Labute approximate surface area is 107 Å². The molecule has 0 aliphatic heterocycles. The number of nitrogens with one attached hydrogen (secondary N) is 1. The molecule has 0 aromatic heterocycles. The van der Waals surface area contributed by atoms with Crippen molar-refractivity contribution < 1.29 is 14.4 Å². The number of ether oxygens (including phenoxy) is 2. The van der Waals surface area contributed by atoms with Crippen LogP contribution in [-0.4, -0.2) is 32.0 Å². The van der Waals surface area contributed by atoms with Gasteiger partial charge >= 0.3 is 0 Å². The second-order valence-corrected chi connectivity index (χ2v) is 4.06. The van der Waals surface area contributed by atoms with Crippen molar-refractivity contribution in [1.82, 2.24) is 0 Å². The number of nitro benzene ring substituents is 1. The molecule has 0 aliphatic carbocycles. The fourth-order valence-corrected chi connectivity index (χ4v) is 1.62. The summed E-state index contributed by atoms with van der Waals surface area (Å²) < 4.78 is 10.4. The van der Waals surface area contributed by atoms with Gasteiger partial charge in [-0.25, -0.2) is 0 Å². The zero-order valence-corrected chi connectivity index (χ0v) is 11.1. The number of nitro groups is 1. The normalized spacial score (nSPS) is 10.6. The van der Waals surface area contributed by atoms with Crippen molar-refractivity contribution in [3.05, 3.63) is 32.8 Å². The third-order valence-electron chi connectivity index (χ3n) is 2.14. The summed E-state index contributed by atoms with van der Waals surface area (Å²) in [4.78, 5) is 10.3. The summed E-state index contributed by atoms with van der Waals surface area (Å²) in [6.07, 6.45) is -0.391. The van der Waals surface area contributed by atoms with Crippen LogP contribution in [0.1, 0.15) is 0 Å². The standard InChI is InChI=1S/C10H13BrN2O4/c1-16-10(17-2)6-12-7-3-4-8(11)9(5-7)13(14)15/h3-5,10,12H,6H2,1-2H3. The number of halogens is 1. The molecule has 0 bridgehead atoms. The van der Waals surface area contributed by atoms with Crippen LogP contribution in [0.3, 0.4) is 0 Å². The van der Waals surface area contributed by atoms with E-state index in [1.54, 1.807) is 12.1 Å². The highest BCUT2D eigenvalue weighted by Crippen LogP contribution is 2.27. The zero-order valence-electron chi connectivity index (χ0n) is 9.47. The minimum Gasteiger partial charge on any atom is -0.380 e. The van der Waals surface area contributed by atoms with Crippen molar-refractivity contribution in [3.63, 3.8) is 0 Å². The molecule has 0 spiro atoms. The molecule has 0 atom stereocenters. The first-order valence-corrected chi connectivity index (χ1v) is 5.61. The van der Waals surface area contributed by atoms with E-state index in [4.69, 9.17) is 9.47 Å². The van der Waals surface area contributed by atoms with Crippen molar-refractivity contribution in [3.8, 4) is 0 Å². The average molecular weight is 305 g/mol. The van der Waals surface area contributed by atoms with Crippen molar-refractivity contribution in [2.24, 2.45) is 0 Å². The van der Waals surface area contributed by atoms with Gasteiger partial charge in [-0.1, -0.05) is 0 Å². The third-order valence-corrected chi connectivity index (χ3v) is 2.81. The summed E-state index contributed by atoms with van der Waals surface area (Å²) in [6.45, 7) is 0.409. The van der Waals surface area contributed by atoms with E-state index >= 15 is 0 Å². The predicted molar refractivity (Wildman–Crippen MR) is 67.1 cm³/mol. The lowest BCUT2D eigenvalue weighted by Gasteiger charge is -2.14. The minimum absolute atomic E-state index is 0.0152. The Balaban J connectivity index is 2.72. The molecule has 0 unspecified atom stereocenters. The number of hydrogen-bond donors (Lipinski definition) is 1. The van der Waals surface area contributed by atoms with Crippen LogP contribution in [-0.2, 0) is 9.47 Å². The Bertz CT molecular complexity index is 396. The van der Waals surface area contributed by atoms with Gasteiger partial charge in [0.05, 0.1) is 15.9 Å². The first kappa shape index (κ1) is 13.9.